The highest BCUT2D eigenvalue weighted by Gasteiger charge is 2.19. The molecule has 1 amide bonds. The lowest BCUT2D eigenvalue weighted by Gasteiger charge is -2.10. The zero-order chi connectivity index (χ0) is 22.5. The molecule has 4 rings (SSSR count). The second-order valence-electron chi connectivity index (χ2n) is 7.05. The molecule has 0 bridgehead atoms. The molecule has 0 aliphatic rings. The molecule has 0 spiro atoms. The summed E-state index contributed by atoms with van der Waals surface area (Å²) in [6.45, 7) is 0.290. The van der Waals surface area contributed by atoms with Gasteiger partial charge in [-0.1, -0.05) is 24.3 Å². The van der Waals surface area contributed by atoms with Crippen molar-refractivity contribution in [2.45, 2.75) is 6.54 Å². The molecule has 7 heteroatoms. The maximum atomic E-state index is 13.4. The van der Waals surface area contributed by atoms with Gasteiger partial charge in [-0.15, -0.1) is 0 Å². The zero-order valence-corrected chi connectivity index (χ0v) is 17.7. The van der Waals surface area contributed by atoms with E-state index in [1.165, 1.54) is 12.1 Å². The first-order valence-electron chi connectivity index (χ1n) is 9.99. The largest absolute Gasteiger partial charge is 0.493 e. The van der Waals surface area contributed by atoms with Gasteiger partial charge >= 0.3 is 0 Å². The third-order valence-corrected chi connectivity index (χ3v) is 5.00. The van der Waals surface area contributed by atoms with Gasteiger partial charge < -0.3 is 14.8 Å². The van der Waals surface area contributed by atoms with E-state index in [-0.39, 0.29) is 11.7 Å². The minimum atomic E-state index is -0.351. The second-order valence-corrected chi connectivity index (χ2v) is 7.05. The Hall–Kier alpha value is -4.13. The van der Waals surface area contributed by atoms with Gasteiger partial charge in [0.1, 0.15) is 11.5 Å². The Kier molecular flexibility index (Phi) is 6.17. The molecular formula is C25H22FN3O3. The number of rotatable bonds is 7. The summed E-state index contributed by atoms with van der Waals surface area (Å²) in [6.07, 6.45) is 1.68. The zero-order valence-electron chi connectivity index (χ0n) is 17.7. The molecule has 0 unspecified atom stereocenters. The molecular weight excluding hydrogens is 409 g/mol. The van der Waals surface area contributed by atoms with Crippen molar-refractivity contribution < 1.29 is 18.7 Å². The molecule has 6 nitrogen and oxygen atoms in total. The van der Waals surface area contributed by atoms with Crippen molar-refractivity contribution in [3.63, 3.8) is 0 Å². The lowest BCUT2D eigenvalue weighted by atomic mass is 10.1. The van der Waals surface area contributed by atoms with Crippen molar-refractivity contribution in [3.8, 4) is 28.4 Å². The summed E-state index contributed by atoms with van der Waals surface area (Å²) in [4.78, 5) is 13.1. The average molecular weight is 431 g/mol. The maximum absolute atomic E-state index is 13.4. The first-order chi connectivity index (χ1) is 15.6. The van der Waals surface area contributed by atoms with E-state index in [9.17, 15) is 9.18 Å². The van der Waals surface area contributed by atoms with Crippen LogP contribution in [-0.4, -0.2) is 29.9 Å². The molecule has 0 radical (unpaired) electrons. The molecule has 0 saturated carbocycles. The molecule has 0 aliphatic heterocycles. The Morgan fingerprint density at radius 2 is 1.69 bits per heavy atom. The number of amides is 1. The Morgan fingerprint density at radius 3 is 2.38 bits per heavy atom. The van der Waals surface area contributed by atoms with Crippen molar-refractivity contribution >= 4 is 5.91 Å². The SMILES string of the molecule is COc1ccc(CNC(=O)c2cn(-c3ccccc3)nc2-c2ccc(F)cc2)cc1OC. The first kappa shape index (κ1) is 21.1. The smallest absolute Gasteiger partial charge is 0.255 e. The second kappa shape index (κ2) is 9.34. The van der Waals surface area contributed by atoms with Gasteiger partial charge in [-0.05, 0) is 54.1 Å². The summed E-state index contributed by atoms with van der Waals surface area (Å²) in [6, 6.07) is 20.9. The predicted octanol–water partition coefficient (Wildman–Crippen LogP) is 4.63. The Bertz CT molecular complexity index is 1220. The number of carbonyl (C=O) groups excluding carboxylic acids is 1. The Labute approximate surface area is 185 Å². The van der Waals surface area contributed by atoms with E-state index in [1.54, 1.807) is 43.3 Å². The molecule has 0 saturated heterocycles. The van der Waals surface area contributed by atoms with Crippen LogP contribution < -0.4 is 14.8 Å². The molecule has 0 aliphatic carbocycles. The van der Waals surface area contributed by atoms with Crippen LogP contribution in [-0.2, 0) is 6.54 Å². The number of nitrogens with zero attached hydrogens (tertiary/aromatic N) is 2. The van der Waals surface area contributed by atoms with E-state index in [2.05, 4.69) is 10.4 Å². The van der Waals surface area contributed by atoms with E-state index in [4.69, 9.17) is 9.47 Å². The van der Waals surface area contributed by atoms with Crippen LogP contribution in [0.4, 0.5) is 4.39 Å². The Morgan fingerprint density at radius 1 is 0.969 bits per heavy atom. The van der Waals surface area contributed by atoms with Crippen molar-refractivity contribution in [3.05, 3.63) is 95.9 Å². The third-order valence-electron chi connectivity index (χ3n) is 5.00. The van der Waals surface area contributed by atoms with E-state index in [0.717, 1.165) is 11.3 Å². The van der Waals surface area contributed by atoms with Crippen LogP contribution in [0.25, 0.3) is 16.9 Å². The number of ether oxygens (including phenoxy) is 2. The van der Waals surface area contributed by atoms with Crippen LogP contribution in [0.5, 0.6) is 11.5 Å². The average Bonchev–Trinajstić information content (AvgIpc) is 3.29. The summed E-state index contributed by atoms with van der Waals surface area (Å²) < 4.78 is 25.7. The number of hydrogen-bond donors (Lipinski definition) is 1. The maximum Gasteiger partial charge on any atom is 0.255 e. The van der Waals surface area contributed by atoms with Gasteiger partial charge in [0.2, 0.25) is 0 Å². The molecule has 0 fully saturated rings. The summed E-state index contributed by atoms with van der Waals surface area (Å²) in [5.74, 6) is 0.561. The monoisotopic (exact) mass is 431 g/mol. The van der Waals surface area contributed by atoms with Crippen LogP contribution in [0.1, 0.15) is 15.9 Å². The number of aromatic nitrogens is 2. The highest BCUT2D eigenvalue weighted by atomic mass is 19.1. The van der Waals surface area contributed by atoms with Gasteiger partial charge in [-0.3, -0.25) is 4.79 Å². The first-order valence-corrected chi connectivity index (χ1v) is 9.99. The number of hydrogen-bond acceptors (Lipinski definition) is 4. The molecule has 1 aromatic heterocycles. The fraction of sp³-hybridized carbons (Fsp3) is 0.120. The van der Waals surface area contributed by atoms with Crippen molar-refractivity contribution in [2.24, 2.45) is 0 Å². The number of nitrogens with one attached hydrogen (secondary N) is 1. The summed E-state index contributed by atoms with van der Waals surface area (Å²) >= 11 is 0. The number of halogens is 1. The van der Waals surface area contributed by atoms with E-state index < -0.39 is 0 Å². The standard InChI is InChI=1S/C25H22FN3O3/c1-31-22-13-8-17(14-23(22)32-2)15-27-25(30)21-16-29(20-6-4-3-5-7-20)28-24(21)18-9-11-19(26)12-10-18/h3-14,16H,15H2,1-2H3,(H,27,30). The number of para-hydroxylation sites is 1. The molecule has 32 heavy (non-hydrogen) atoms. The third kappa shape index (κ3) is 4.46. The Balaban J connectivity index is 1.63. The van der Waals surface area contributed by atoms with Crippen LogP contribution >= 0.6 is 0 Å². The van der Waals surface area contributed by atoms with Gasteiger partial charge in [-0.25, -0.2) is 9.07 Å². The van der Waals surface area contributed by atoms with Gasteiger partial charge in [0.15, 0.2) is 11.5 Å². The number of methoxy groups -OCH3 is 2. The lowest BCUT2D eigenvalue weighted by Crippen LogP contribution is -2.23. The molecule has 162 valence electrons. The van der Waals surface area contributed by atoms with Crippen LogP contribution in [0.15, 0.2) is 79.0 Å². The number of carbonyl (C=O) groups is 1. The van der Waals surface area contributed by atoms with Gasteiger partial charge in [0.25, 0.3) is 5.91 Å². The minimum Gasteiger partial charge on any atom is -0.493 e. The van der Waals surface area contributed by atoms with Crippen LogP contribution in [0.2, 0.25) is 0 Å². The fourth-order valence-electron chi connectivity index (χ4n) is 3.34. The normalized spacial score (nSPS) is 10.6. The van der Waals surface area contributed by atoms with Crippen LogP contribution in [0, 0.1) is 5.82 Å². The number of benzene rings is 3. The molecule has 4 aromatic rings. The van der Waals surface area contributed by atoms with Crippen LogP contribution in [0.3, 0.4) is 0 Å². The van der Waals surface area contributed by atoms with E-state index in [1.807, 2.05) is 42.5 Å². The topological polar surface area (TPSA) is 65.4 Å². The van der Waals surface area contributed by atoms with Crippen molar-refractivity contribution in [2.75, 3.05) is 14.2 Å². The van der Waals surface area contributed by atoms with E-state index >= 15 is 0 Å². The molecule has 1 heterocycles. The van der Waals surface area contributed by atoms with Gasteiger partial charge in [0, 0.05) is 18.3 Å². The van der Waals surface area contributed by atoms with Crippen molar-refractivity contribution in [1.29, 1.82) is 0 Å². The molecule has 0 atom stereocenters. The highest BCUT2D eigenvalue weighted by Crippen LogP contribution is 2.28. The summed E-state index contributed by atoms with van der Waals surface area (Å²) in [5.41, 5.74) is 3.18. The quantitative estimate of drug-likeness (QED) is 0.464. The van der Waals surface area contributed by atoms with E-state index in [0.29, 0.717) is 34.9 Å². The minimum absolute atomic E-state index is 0.290. The summed E-state index contributed by atoms with van der Waals surface area (Å²) in [7, 11) is 3.13. The molecule has 1 N–H and O–H groups in total. The van der Waals surface area contributed by atoms with Crippen molar-refractivity contribution in [1.82, 2.24) is 15.1 Å². The predicted molar refractivity (Wildman–Crippen MR) is 120 cm³/mol. The fourth-order valence-corrected chi connectivity index (χ4v) is 3.34. The van der Waals surface area contributed by atoms with Gasteiger partial charge in [-0.2, -0.15) is 5.10 Å². The van der Waals surface area contributed by atoms with Gasteiger partial charge in [0.05, 0.1) is 25.5 Å². The summed E-state index contributed by atoms with van der Waals surface area (Å²) in [5, 5.41) is 7.53. The highest BCUT2D eigenvalue weighted by molar-refractivity contribution is 5.99. The lowest BCUT2D eigenvalue weighted by molar-refractivity contribution is 0.0951. The molecule has 3 aromatic carbocycles.